The van der Waals surface area contributed by atoms with Gasteiger partial charge in [-0.2, -0.15) is 15.3 Å². The fraction of sp³-hybridized carbons (Fsp3) is 0.500. The minimum absolute atomic E-state index is 0.400. The van der Waals surface area contributed by atoms with Crippen LogP contribution >= 0.6 is 7.94 Å². The van der Waals surface area contributed by atoms with Gasteiger partial charge in [0.25, 0.3) is 0 Å². The lowest BCUT2D eigenvalue weighted by molar-refractivity contribution is 0.157. The van der Waals surface area contributed by atoms with Crippen molar-refractivity contribution in [3.05, 3.63) is 12.7 Å². The Balaban J connectivity index is 3.17. The third-order valence-corrected chi connectivity index (χ3v) is 0.940. The zero-order valence-corrected chi connectivity index (χ0v) is 6.14. The summed E-state index contributed by atoms with van der Waals surface area (Å²) in [5, 5.41) is 0. The largest absolute Gasteiger partial charge is 0.425 e. The second-order valence-corrected chi connectivity index (χ2v) is 3.42. The summed E-state index contributed by atoms with van der Waals surface area (Å²) < 4.78 is 4.37. The highest BCUT2D eigenvalue weighted by Gasteiger charge is 2.27. The second kappa shape index (κ2) is 3.93. The van der Waals surface area contributed by atoms with Gasteiger partial charge in [-0.1, -0.05) is 10.7 Å². The summed E-state index contributed by atoms with van der Waals surface area (Å²) in [6, 6.07) is 0. The van der Waals surface area contributed by atoms with Gasteiger partial charge in [0.15, 0.2) is 0 Å². The monoisotopic (exact) mass is 152 g/mol. The van der Waals surface area contributed by atoms with E-state index in [4.69, 9.17) is 9.79 Å². The Kier molecular flexibility index (Phi) is 3.93. The van der Waals surface area contributed by atoms with Gasteiger partial charge in [-0.05, 0) is 0 Å². The number of hydroxylamine groups is 1. The third-order valence-electron chi connectivity index (χ3n) is 0.465. The summed E-state index contributed by atoms with van der Waals surface area (Å²) in [7, 11) is -3.10. The normalized spacial score (nSPS) is 11.4. The zero-order valence-electron chi connectivity index (χ0n) is 5.24. The third kappa shape index (κ3) is 8.01. The van der Waals surface area contributed by atoms with Crippen LogP contribution in [0.1, 0.15) is 0 Å². The minimum Gasteiger partial charge on any atom is -0.192 e. The van der Waals surface area contributed by atoms with E-state index in [9.17, 15) is 0 Å². The molecule has 54 valence electrons. The van der Waals surface area contributed by atoms with Gasteiger partial charge in [-0.25, -0.2) is 0 Å². The lowest BCUT2D eigenvalue weighted by atomic mass is 10.7. The maximum Gasteiger partial charge on any atom is 0.425 e. The summed E-state index contributed by atoms with van der Waals surface area (Å²) in [5.74, 6) is 0. The van der Waals surface area contributed by atoms with Crippen molar-refractivity contribution < 1.29 is 14.4 Å². The van der Waals surface area contributed by atoms with Crippen LogP contribution in [-0.2, 0) is 4.62 Å². The Morgan fingerprint density at radius 1 is 1.78 bits per heavy atom. The van der Waals surface area contributed by atoms with Crippen LogP contribution in [0.3, 0.4) is 0 Å². The van der Waals surface area contributed by atoms with E-state index in [-0.39, 0.29) is 0 Å². The van der Waals surface area contributed by atoms with Crippen molar-refractivity contribution in [3.63, 3.8) is 0 Å². The smallest absolute Gasteiger partial charge is 0.192 e. The lowest BCUT2D eigenvalue weighted by Crippen LogP contribution is -2.14. The molecule has 0 fully saturated rings. The van der Waals surface area contributed by atoms with Crippen LogP contribution in [0.25, 0.3) is 0 Å². The van der Waals surface area contributed by atoms with Crippen LogP contribution in [-0.4, -0.2) is 23.0 Å². The van der Waals surface area contributed by atoms with E-state index in [1.165, 1.54) is 6.66 Å². The number of hydrogen-bond donors (Lipinski definition) is 3. The van der Waals surface area contributed by atoms with Crippen LogP contribution < -0.4 is 5.48 Å². The minimum atomic E-state index is -3.10. The van der Waals surface area contributed by atoms with Crippen LogP contribution in [0.15, 0.2) is 12.7 Å². The summed E-state index contributed by atoms with van der Waals surface area (Å²) in [4.78, 5) is 17.2. The summed E-state index contributed by atoms with van der Waals surface area (Å²) in [5.41, 5.74) is 2.31. The molecule has 3 N–H and O–H groups in total. The van der Waals surface area contributed by atoms with E-state index >= 15 is 0 Å². The average Bonchev–Trinajstić information content (AvgIpc) is 1.63. The molecule has 5 heteroatoms. The Morgan fingerprint density at radius 2 is 2.33 bits per heavy atom. The summed E-state index contributed by atoms with van der Waals surface area (Å²) >= 11 is 0. The van der Waals surface area contributed by atoms with E-state index in [2.05, 4.69) is 16.7 Å². The number of rotatable bonds is 4. The van der Waals surface area contributed by atoms with Crippen molar-refractivity contribution in [1.29, 1.82) is 0 Å². The molecule has 4 nitrogen and oxygen atoms in total. The van der Waals surface area contributed by atoms with E-state index in [0.717, 1.165) is 0 Å². The molecule has 0 bridgehead atoms. The van der Waals surface area contributed by atoms with Crippen molar-refractivity contribution in [1.82, 2.24) is 5.48 Å². The molecule has 0 radical (unpaired) electrons. The quantitative estimate of drug-likeness (QED) is 0.231. The molecule has 0 spiro atoms. The van der Waals surface area contributed by atoms with Gasteiger partial charge in [0.2, 0.25) is 0 Å². The molecule has 0 aromatic rings. The molecule has 0 saturated carbocycles. The van der Waals surface area contributed by atoms with Gasteiger partial charge in [0.1, 0.15) is 6.66 Å². The molecule has 0 unspecified atom stereocenters. The molecule has 0 saturated heterocycles. The molecule has 0 amide bonds. The molecule has 0 aliphatic rings. The van der Waals surface area contributed by atoms with E-state index in [1.807, 2.05) is 0 Å². The van der Waals surface area contributed by atoms with Crippen molar-refractivity contribution in [2.24, 2.45) is 0 Å². The molecule has 0 aromatic carbocycles. The molecule has 9 heavy (non-hydrogen) atoms. The highest BCUT2D eigenvalue weighted by molar-refractivity contribution is 7.58. The molecule has 0 aromatic heterocycles. The van der Waals surface area contributed by atoms with Gasteiger partial charge < -0.3 is 0 Å². The molecule has 0 rings (SSSR count). The first kappa shape index (κ1) is 9.01. The first-order chi connectivity index (χ1) is 4.06. The molecule has 0 aliphatic heterocycles. The number of nitrogens with one attached hydrogen (secondary N) is 1. The Hall–Kier alpha value is 0.0100. The van der Waals surface area contributed by atoms with Crippen LogP contribution in [0.2, 0.25) is 0 Å². The Bertz CT molecular complexity index is 90.3. The van der Waals surface area contributed by atoms with Crippen LogP contribution in [0.4, 0.5) is 0 Å². The SMILES string of the molecule is C=CCNO[P+](C)(O)O. The predicted octanol–water partition coefficient (Wildman–Crippen LogP) is 0.0706. The van der Waals surface area contributed by atoms with Gasteiger partial charge in [0, 0.05) is 6.54 Å². The first-order valence-corrected chi connectivity index (χ1v) is 4.46. The van der Waals surface area contributed by atoms with Gasteiger partial charge in [-0.3, -0.25) is 0 Å². The van der Waals surface area contributed by atoms with Crippen molar-refractivity contribution in [2.75, 3.05) is 13.2 Å². The second-order valence-electron chi connectivity index (χ2n) is 1.56. The van der Waals surface area contributed by atoms with Crippen molar-refractivity contribution >= 4 is 7.94 Å². The first-order valence-electron chi connectivity index (χ1n) is 2.40. The summed E-state index contributed by atoms with van der Waals surface area (Å²) in [6.07, 6.45) is 1.55. The number of hydrogen-bond acceptors (Lipinski definition) is 4. The fourth-order valence-electron chi connectivity index (χ4n) is 0.218. The Labute approximate surface area is 54.7 Å². The fourth-order valence-corrected chi connectivity index (χ4v) is 0.538. The molecule has 0 atom stereocenters. The standard InChI is InChI=1S/C4H11NO3P/c1-3-4-5-8-9(2,6)7/h3,5-7H,1,4H2,2H3/q+1. The average molecular weight is 152 g/mol. The van der Waals surface area contributed by atoms with Crippen LogP contribution in [0.5, 0.6) is 0 Å². The Morgan fingerprint density at radius 3 is 2.67 bits per heavy atom. The van der Waals surface area contributed by atoms with Gasteiger partial charge >= 0.3 is 7.94 Å². The zero-order chi connectivity index (χ0) is 7.33. The van der Waals surface area contributed by atoms with Gasteiger partial charge in [0.05, 0.1) is 0 Å². The highest BCUT2D eigenvalue weighted by atomic mass is 31.2. The maximum absolute atomic E-state index is 8.59. The lowest BCUT2D eigenvalue weighted by Gasteiger charge is -2.03. The van der Waals surface area contributed by atoms with E-state index in [1.54, 1.807) is 6.08 Å². The maximum atomic E-state index is 8.59. The molecular formula is C4H11NO3P+. The highest BCUT2D eigenvalue weighted by Crippen LogP contribution is 2.44. The van der Waals surface area contributed by atoms with Crippen molar-refractivity contribution in [3.8, 4) is 0 Å². The topological polar surface area (TPSA) is 61.7 Å². The van der Waals surface area contributed by atoms with E-state index < -0.39 is 7.94 Å². The van der Waals surface area contributed by atoms with Crippen molar-refractivity contribution in [2.45, 2.75) is 0 Å². The van der Waals surface area contributed by atoms with Gasteiger partial charge in [-0.15, -0.1) is 6.58 Å². The van der Waals surface area contributed by atoms with Crippen LogP contribution in [0, 0.1) is 0 Å². The van der Waals surface area contributed by atoms with E-state index in [0.29, 0.717) is 6.54 Å². The predicted molar refractivity (Wildman–Crippen MR) is 36.6 cm³/mol. The molecular weight excluding hydrogens is 141 g/mol. The summed E-state index contributed by atoms with van der Waals surface area (Å²) in [6.45, 7) is 5.00. The molecule has 0 heterocycles. The molecule has 0 aliphatic carbocycles.